The van der Waals surface area contributed by atoms with Crippen molar-refractivity contribution in [3.63, 3.8) is 0 Å². The van der Waals surface area contributed by atoms with Crippen molar-refractivity contribution in [2.75, 3.05) is 13.7 Å². The molecular formula is C16H19N3OS. The Morgan fingerprint density at radius 1 is 1.38 bits per heavy atom. The maximum absolute atomic E-state index is 5.95. The van der Waals surface area contributed by atoms with Crippen LogP contribution in [0.4, 0.5) is 0 Å². The number of rotatable bonds is 6. The Morgan fingerprint density at radius 2 is 2.29 bits per heavy atom. The number of nitrogens with two attached hydrogens (primary N) is 1. The summed E-state index contributed by atoms with van der Waals surface area (Å²) in [5, 5.41) is 2.04. The molecular weight excluding hydrogens is 282 g/mol. The van der Waals surface area contributed by atoms with Crippen LogP contribution in [0.2, 0.25) is 0 Å². The molecule has 0 amide bonds. The molecule has 1 atom stereocenters. The number of nitrogens with zero attached hydrogens (tertiary/aromatic N) is 2. The van der Waals surface area contributed by atoms with Crippen molar-refractivity contribution in [3.8, 4) is 5.75 Å². The molecule has 0 saturated heterocycles. The maximum atomic E-state index is 5.95. The molecule has 0 radical (unpaired) electrons. The van der Waals surface area contributed by atoms with E-state index in [1.165, 1.54) is 5.56 Å². The zero-order valence-electron chi connectivity index (χ0n) is 12.0. The van der Waals surface area contributed by atoms with Crippen molar-refractivity contribution in [2.45, 2.75) is 12.8 Å². The Kier molecular flexibility index (Phi) is 4.22. The molecule has 3 rings (SSSR count). The standard InChI is InChI=1S/C16H19N3OS/c1-20-15-4-2-3-12(9-15)7-13(10-17)8-14-11-19-5-6-21-16(19)18-14/h2-6,9,11,13H,7-8,10,17H2,1H3. The molecule has 3 aromatic rings. The van der Waals surface area contributed by atoms with Gasteiger partial charge in [0.2, 0.25) is 0 Å². The van der Waals surface area contributed by atoms with Gasteiger partial charge in [-0.3, -0.25) is 4.40 Å². The van der Waals surface area contributed by atoms with Crippen LogP contribution in [0.3, 0.4) is 0 Å². The molecule has 5 heteroatoms. The molecule has 110 valence electrons. The summed E-state index contributed by atoms with van der Waals surface area (Å²) in [7, 11) is 1.69. The first-order chi connectivity index (χ1) is 10.3. The van der Waals surface area contributed by atoms with Gasteiger partial charge in [-0.05, 0) is 43.0 Å². The summed E-state index contributed by atoms with van der Waals surface area (Å²) in [4.78, 5) is 5.68. The molecule has 1 aromatic carbocycles. The smallest absolute Gasteiger partial charge is 0.193 e. The van der Waals surface area contributed by atoms with Gasteiger partial charge in [0.1, 0.15) is 5.75 Å². The third-order valence-corrected chi connectivity index (χ3v) is 4.40. The predicted molar refractivity (Wildman–Crippen MR) is 86.0 cm³/mol. The highest BCUT2D eigenvalue weighted by atomic mass is 32.1. The van der Waals surface area contributed by atoms with E-state index in [0.29, 0.717) is 12.5 Å². The van der Waals surface area contributed by atoms with Crippen molar-refractivity contribution >= 4 is 16.3 Å². The largest absolute Gasteiger partial charge is 0.497 e. The van der Waals surface area contributed by atoms with Crippen molar-refractivity contribution in [1.82, 2.24) is 9.38 Å². The summed E-state index contributed by atoms with van der Waals surface area (Å²) >= 11 is 1.66. The summed E-state index contributed by atoms with van der Waals surface area (Å²) in [5.41, 5.74) is 8.31. The molecule has 21 heavy (non-hydrogen) atoms. The van der Waals surface area contributed by atoms with Gasteiger partial charge >= 0.3 is 0 Å². The van der Waals surface area contributed by atoms with Gasteiger partial charge in [-0.2, -0.15) is 0 Å². The number of methoxy groups -OCH3 is 1. The monoisotopic (exact) mass is 301 g/mol. The molecule has 2 N–H and O–H groups in total. The van der Waals surface area contributed by atoms with Crippen LogP contribution in [-0.4, -0.2) is 23.0 Å². The number of thiazole rings is 1. The van der Waals surface area contributed by atoms with Crippen LogP contribution in [0.1, 0.15) is 11.3 Å². The average Bonchev–Trinajstić information content (AvgIpc) is 3.08. The lowest BCUT2D eigenvalue weighted by atomic mass is 9.95. The molecule has 4 nitrogen and oxygen atoms in total. The van der Waals surface area contributed by atoms with Crippen molar-refractivity contribution < 1.29 is 4.74 Å². The Morgan fingerprint density at radius 3 is 3.05 bits per heavy atom. The quantitative estimate of drug-likeness (QED) is 0.761. The summed E-state index contributed by atoms with van der Waals surface area (Å²) in [6.45, 7) is 0.655. The van der Waals surface area contributed by atoms with Gasteiger partial charge in [-0.1, -0.05) is 12.1 Å². The van der Waals surface area contributed by atoms with Crippen LogP contribution in [0.15, 0.2) is 42.0 Å². The fourth-order valence-electron chi connectivity index (χ4n) is 2.54. The van der Waals surface area contributed by atoms with Crippen LogP contribution in [0.25, 0.3) is 4.96 Å². The second-order valence-corrected chi connectivity index (χ2v) is 6.06. The van der Waals surface area contributed by atoms with E-state index < -0.39 is 0 Å². The third-order valence-electron chi connectivity index (χ3n) is 3.63. The minimum atomic E-state index is 0.390. The van der Waals surface area contributed by atoms with Crippen molar-refractivity contribution in [1.29, 1.82) is 0 Å². The fourth-order valence-corrected chi connectivity index (χ4v) is 3.26. The number of imidazole rings is 1. The van der Waals surface area contributed by atoms with E-state index in [9.17, 15) is 0 Å². The first kappa shape index (κ1) is 14.1. The normalized spacial score (nSPS) is 12.7. The molecule has 0 aliphatic carbocycles. The highest BCUT2D eigenvalue weighted by Gasteiger charge is 2.12. The second kappa shape index (κ2) is 6.28. The lowest BCUT2D eigenvalue weighted by Crippen LogP contribution is -2.19. The lowest BCUT2D eigenvalue weighted by molar-refractivity contribution is 0.413. The van der Waals surface area contributed by atoms with Crippen LogP contribution < -0.4 is 10.5 Å². The average molecular weight is 301 g/mol. The number of ether oxygens (including phenoxy) is 1. The van der Waals surface area contributed by atoms with Gasteiger partial charge in [0.15, 0.2) is 4.96 Å². The van der Waals surface area contributed by atoms with E-state index in [1.807, 2.05) is 23.7 Å². The Hall–Kier alpha value is -1.85. The third kappa shape index (κ3) is 3.25. The van der Waals surface area contributed by atoms with Gasteiger partial charge in [-0.25, -0.2) is 4.98 Å². The van der Waals surface area contributed by atoms with E-state index in [2.05, 4.69) is 27.7 Å². The van der Waals surface area contributed by atoms with E-state index in [-0.39, 0.29) is 0 Å². The minimum absolute atomic E-state index is 0.390. The van der Waals surface area contributed by atoms with Crippen molar-refractivity contribution in [2.24, 2.45) is 11.7 Å². The number of fused-ring (bicyclic) bond motifs is 1. The summed E-state index contributed by atoms with van der Waals surface area (Å²) in [5.74, 6) is 1.28. The fraction of sp³-hybridized carbons (Fsp3) is 0.312. The SMILES string of the molecule is COc1cccc(CC(CN)Cc2cn3ccsc3n2)c1. The molecule has 0 spiro atoms. The van der Waals surface area contributed by atoms with E-state index >= 15 is 0 Å². The zero-order valence-corrected chi connectivity index (χ0v) is 12.8. The number of hydrogen-bond donors (Lipinski definition) is 1. The molecule has 2 aromatic heterocycles. The molecule has 0 fully saturated rings. The number of benzene rings is 1. The highest BCUT2D eigenvalue weighted by Crippen LogP contribution is 2.19. The van der Waals surface area contributed by atoms with Gasteiger partial charge < -0.3 is 10.5 Å². The van der Waals surface area contributed by atoms with E-state index in [1.54, 1.807) is 18.4 Å². The summed E-state index contributed by atoms with van der Waals surface area (Å²) in [6, 6.07) is 8.18. The first-order valence-electron chi connectivity index (χ1n) is 7.02. The van der Waals surface area contributed by atoms with E-state index in [4.69, 9.17) is 10.5 Å². The summed E-state index contributed by atoms with van der Waals surface area (Å²) < 4.78 is 7.34. The topological polar surface area (TPSA) is 52.5 Å². The molecule has 0 aliphatic rings. The number of hydrogen-bond acceptors (Lipinski definition) is 4. The van der Waals surface area contributed by atoms with Crippen LogP contribution in [-0.2, 0) is 12.8 Å². The Bertz CT molecular complexity index is 690. The maximum Gasteiger partial charge on any atom is 0.193 e. The van der Waals surface area contributed by atoms with Crippen LogP contribution >= 0.6 is 11.3 Å². The number of aromatic nitrogens is 2. The predicted octanol–water partition coefficient (Wildman–Crippen LogP) is 2.76. The van der Waals surface area contributed by atoms with E-state index in [0.717, 1.165) is 29.2 Å². The first-order valence-corrected chi connectivity index (χ1v) is 7.90. The Labute approximate surface area is 128 Å². The highest BCUT2D eigenvalue weighted by molar-refractivity contribution is 7.15. The zero-order chi connectivity index (χ0) is 14.7. The van der Waals surface area contributed by atoms with Gasteiger partial charge in [0.05, 0.1) is 12.8 Å². The minimum Gasteiger partial charge on any atom is -0.497 e. The molecule has 0 bridgehead atoms. The van der Waals surface area contributed by atoms with Gasteiger partial charge in [0.25, 0.3) is 0 Å². The molecule has 0 saturated carbocycles. The molecule has 2 heterocycles. The Balaban J connectivity index is 1.71. The summed E-state index contributed by atoms with van der Waals surface area (Å²) in [6.07, 6.45) is 5.98. The lowest BCUT2D eigenvalue weighted by Gasteiger charge is -2.14. The van der Waals surface area contributed by atoms with Crippen LogP contribution in [0, 0.1) is 5.92 Å². The van der Waals surface area contributed by atoms with Gasteiger partial charge in [0, 0.05) is 17.8 Å². The second-order valence-electron chi connectivity index (χ2n) is 5.19. The molecule has 1 unspecified atom stereocenters. The van der Waals surface area contributed by atoms with Gasteiger partial charge in [-0.15, -0.1) is 11.3 Å². The van der Waals surface area contributed by atoms with Crippen molar-refractivity contribution in [3.05, 3.63) is 53.3 Å². The molecule has 0 aliphatic heterocycles. The van der Waals surface area contributed by atoms with Crippen LogP contribution in [0.5, 0.6) is 5.75 Å².